The molecule has 0 aromatic rings. The van der Waals surface area contributed by atoms with Gasteiger partial charge in [0.15, 0.2) is 6.10 Å². The van der Waals surface area contributed by atoms with Gasteiger partial charge in [0.05, 0.1) is 0 Å². The third-order valence-electron chi connectivity index (χ3n) is 16.1. The monoisotopic (exact) mass is 1060 g/mol. The highest BCUT2D eigenvalue weighted by Crippen LogP contribution is 2.19. The summed E-state index contributed by atoms with van der Waals surface area (Å²) in [4.78, 5) is 38.4. The molecule has 0 aliphatic carbocycles. The maximum Gasteiger partial charge on any atom is 0.306 e. The highest BCUT2D eigenvalue weighted by atomic mass is 16.6. The van der Waals surface area contributed by atoms with E-state index in [1.54, 1.807) is 0 Å². The second-order valence-corrected chi connectivity index (χ2v) is 23.8. The standard InChI is InChI=1S/C69H134O6/c1-4-7-10-13-16-19-22-25-28-30-32-34-35-37-38-41-44-47-50-53-56-59-62-68(71)74-65-66(64-73-67(70)61-58-55-52-49-46-43-40-27-24-21-18-15-12-9-6-3)75-69(72)63-60-57-54-51-48-45-42-39-36-33-31-29-26-23-20-17-14-11-8-5-2/h66H,4-65H2,1-3H3. The van der Waals surface area contributed by atoms with Crippen molar-refractivity contribution in [2.75, 3.05) is 13.2 Å². The van der Waals surface area contributed by atoms with E-state index in [4.69, 9.17) is 14.2 Å². The lowest BCUT2D eigenvalue weighted by Crippen LogP contribution is -2.30. The van der Waals surface area contributed by atoms with Crippen molar-refractivity contribution in [3.8, 4) is 0 Å². The molecule has 0 spiro atoms. The number of carbonyl (C=O) groups is 3. The first-order valence-corrected chi connectivity index (χ1v) is 34.5. The highest BCUT2D eigenvalue weighted by Gasteiger charge is 2.19. The maximum absolute atomic E-state index is 12.9. The van der Waals surface area contributed by atoms with Crippen molar-refractivity contribution < 1.29 is 28.6 Å². The fourth-order valence-corrected chi connectivity index (χ4v) is 10.9. The molecule has 0 bridgehead atoms. The van der Waals surface area contributed by atoms with Crippen LogP contribution in [-0.4, -0.2) is 37.2 Å². The van der Waals surface area contributed by atoms with Crippen LogP contribution in [0.5, 0.6) is 0 Å². The summed E-state index contributed by atoms with van der Waals surface area (Å²) in [6.45, 7) is 6.74. The zero-order chi connectivity index (χ0) is 54.3. The van der Waals surface area contributed by atoms with Crippen LogP contribution < -0.4 is 0 Å². The number of unbranched alkanes of at least 4 members (excludes halogenated alkanes) is 54. The lowest BCUT2D eigenvalue weighted by molar-refractivity contribution is -0.167. The van der Waals surface area contributed by atoms with Crippen LogP contribution in [0.4, 0.5) is 0 Å². The second kappa shape index (κ2) is 64.9. The fraction of sp³-hybridized carbons (Fsp3) is 0.957. The molecule has 75 heavy (non-hydrogen) atoms. The van der Waals surface area contributed by atoms with Crippen molar-refractivity contribution >= 4 is 17.9 Å². The molecule has 1 atom stereocenters. The van der Waals surface area contributed by atoms with Gasteiger partial charge in [0, 0.05) is 19.3 Å². The van der Waals surface area contributed by atoms with Crippen molar-refractivity contribution in [2.45, 2.75) is 412 Å². The quantitative estimate of drug-likeness (QED) is 0.0343. The Hall–Kier alpha value is -1.59. The Morgan fingerprint density at radius 1 is 0.213 bits per heavy atom. The third-order valence-corrected chi connectivity index (χ3v) is 16.1. The summed E-state index contributed by atoms with van der Waals surface area (Å²) in [5.74, 6) is -0.820. The van der Waals surface area contributed by atoms with Gasteiger partial charge in [-0.2, -0.15) is 0 Å². The largest absolute Gasteiger partial charge is 0.462 e. The molecule has 0 aromatic carbocycles. The lowest BCUT2D eigenvalue weighted by atomic mass is 10.0. The summed E-state index contributed by atoms with van der Waals surface area (Å²) in [7, 11) is 0. The van der Waals surface area contributed by atoms with Crippen LogP contribution >= 0.6 is 0 Å². The predicted molar refractivity (Wildman–Crippen MR) is 326 cm³/mol. The molecule has 0 saturated carbocycles. The van der Waals surface area contributed by atoms with Crippen LogP contribution in [0, 0.1) is 0 Å². The molecule has 0 N–H and O–H groups in total. The van der Waals surface area contributed by atoms with Gasteiger partial charge < -0.3 is 14.2 Å². The molecular formula is C69H134O6. The van der Waals surface area contributed by atoms with Gasteiger partial charge in [-0.1, -0.05) is 367 Å². The Bertz CT molecular complexity index is 1120. The van der Waals surface area contributed by atoms with Crippen molar-refractivity contribution in [1.29, 1.82) is 0 Å². The summed E-state index contributed by atoms with van der Waals surface area (Å²) in [6, 6.07) is 0. The van der Waals surface area contributed by atoms with Gasteiger partial charge in [-0.05, 0) is 19.3 Å². The molecule has 6 heteroatoms. The Kier molecular flexibility index (Phi) is 63.6. The summed E-state index contributed by atoms with van der Waals surface area (Å²) in [6.07, 6.45) is 75.5. The number of esters is 3. The van der Waals surface area contributed by atoms with Gasteiger partial charge in [-0.15, -0.1) is 0 Å². The molecule has 0 fully saturated rings. The Morgan fingerprint density at radius 2 is 0.360 bits per heavy atom. The molecular weight excluding hydrogens is 925 g/mol. The number of hydrogen-bond donors (Lipinski definition) is 0. The van der Waals surface area contributed by atoms with Crippen LogP contribution in [0.2, 0.25) is 0 Å². The van der Waals surface area contributed by atoms with Crippen LogP contribution in [0.3, 0.4) is 0 Å². The topological polar surface area (TPSA) is 78.9 Å². The minimum atomic E-state index is -0.763. The molecule has 446 valence electrons. The molecule has 0 aliphatic rings. The van der Waals surface area contributed by atoms with Gasteiger partial charge in [0.2, 0.25) is 0 Å². The molecule has 0 amide bonds. The van der Waals surface area contributed by atoms with Crippen molar-refractivity contribution in [3.63, 3.8) is 0 Å². The Labute approximate surface area is 469 Å². The normalized spacial score (nSPS) is 11.9. The zero-order valence-electron chi connectivity index (χ0n) is 51.4. The SMILES string of the molecule is CCCCCCCCCCCCCCCCCCCCCCCCC(=O)OCC(COC(=O)CCCCCCCCCCCCCCCCC)OC(=O)CCCCCCCCCCCCCCCCCCCCCC. The van der Waals surface area contributed by atoms with Crippen LogP contribution in [0.15, 0.2) is 0 Å². The number of carbonyl (C=O) groups excluding carboxylic acids is 3. The van der Waals surface area contributed by atoms with Crippen LogP contribution in [0.1, 0.15) is 406 Å². The van der Waals surface area contributed by atoms with E-state index in [0.29, 0.717) is 19.3 Å². The smallest absolute Gasteiger partial charge is 0.306 e. The average Bonchev–Trinajstić information content (AvgIpc) is 3.41. The van der Waals surface area contributed by atoms with Gasteiger partial charge in [-0.25, -0.2) is 0 Å². The summed E-state index contributed by atoms with van der Waals surface area (Å²) >= 11 is 0. The van der Waals surface area contributed by atoms with E-state index in [-0.39, 0.29) is 31.1 Å². The zero-order valence-corrected chi connectivity index (χ0v) is 51.4. The van der Waals surface area contributed by atoms with Gasteiger partial charge in [0.25, 0.3) is 0 Å². The maximum atomic E-state index is 12.9. The second-order valence-electron chi connectivity index (χ2n) is 23.8. The molecule has 0 heterocycles. The summed E-state index contributed by atoms with van der Waals surface area (Å²) in [5.41, 5.74) is 0. The van der Waals surface area contributed by atoms with Crippen molar-refractivity contribution in [3.05, 3.63) is 0 Å². The Balaban J connectivity index is 4.24. The first-order valence-electron chi connectivity index (χ1n) is 34.5. The summed E-state index contributed by atoms with van der Waals surface area (Å²) < 4.78 is 17.0. The van der Waals surface area contributed by atoms with Gasteiger partial charge >= 0.3 is 17.9 Å². The first-order chi connectivity index (χ1) is 37.0. The van der Waals surface area contributed by atoms with E-state index in [9.17, 15) is 14.4 Å². The molecule has 0 aliphatic heterocycles. The van der Waals surface area contributed by atoms with E-state index in [2.05, 4.69) is 20.8 Å². The van der Waals surface area contributed by atoms with Crippen LogP contribution in [0.25, 0.3) is 0 Å². The van der Waals surface area contributed by atoms with E-state index in [1.165, 1.54) is 308 Å². The van der Waals surface area contributed by atoms with Crippen molar-refractivity contribution in [2.24, 2.45) is 0 Å². The van der Waals surface area contributed by atoms with Crippen LogP contribution in [-0.2, 0) is 28.6 Å². The fourth-order valence-electron chi connectivity index (χ4n) is 10.9. The van der Waals surface area contributed by atoms with E-state index >= 15 is 0 Å². The van der Waals surface area contributed by atoms with E-state index < -0.39 is 6.10 Å². The minimum Gasteiger partial charge on any atom is -0.462 e. The van der Waals surface area contributed by atoms with Gasteiger partial charge in [0.1, 0.15) is 13.2 Å². The average molecular weight is 1060 g/mol. The number of ether oxygens (including phenoxy) is 3. The highest BCUT2D eigenvalue weighted by molar-refractivity contribution is 5.71. The Morgan fingerprint density at radius 3 is 0.533 bits per heavy atom. The minimum absolute atomic E-state index is 0.0601. The molecule has 0 saturated heterocycles. The van der Waals surface area contributed by atoms with E-state index in [0.717, 1.165) is 57.8 Å². The molecule has 0 radical (unpaired) electrons. The van der Waals surface area contributed by atoms with Gasteiger partial charge in [-0.3, -0.25) is 14.4 Å². The molecule has 6 nitrogen and oxygen atoms in total. The number of rotatable bonds is 65. The molecule has 0 rings (SSSR count). The predicted octanol–water partition coefficient (Wildman–Crippen LogP) is 23.5. The van der Waals surface area contributed by atoms with E-state index in [1.807, 2.05) is 0 Å². The lowest BCUT2D eigenvalue weighted by Gasteiger charge is -2.18. The summed E-state index contributed by atoms with van der Waals surface area (Å²) in [5, 5.41) is 0. The van der Waals surface area contributed by atoms with Crippen molar-refractivity contribution in [1.82, 2.24) is 0 Å². The molecule has 0 aromatic heterocycles. The first kappa shape index (κ1) is 73.4. The number of hydrogen-bond acceptors (Lipinski definition) is 6. The molecule has 1 unspecified atom stereocenters. The third kappa shape index (κ3) is 63.1.